The van der Waals surface area contributed by atoms with Crippen LogP contribution in [0.15, 0.2) is 42.7 Å². The van der Waals surface area contributed by atoms with Crippen LogP contribution in [0.1, 0.15) is 41.6 Å². The van der Waals surface area contributed by atoms with Crippen molar-refractivity contribution in [2.45, 2.75) is 38.1 Å². The number of hydrogen-bond acceptors (Lipinski definition) is 4. The molecule has 0 spiro atoms. The molecule has 1 amide bonds. The van der Waals surface area contributed by atoms with Gasteiger partial charge in [-0.25, -0.2) is 9.97 Å². The summed E-state index contributed by atoms with van der Waals surface area (Å²) in [6.45, 7) is 0.762. The van der Waals surface area contributed by atoms with Crippen LogP contribution in [-0.2, 0) is 6.42 Å². The van der Waals surface area contributed by atoms with Gasteiger partial charge in [-0.3, -0.25) is 4.79 Å². The van der Waals surface area contributed by atoms with E-state index in [1.165, 1.54) is 18.4 Å². The fourth-order valence-corrected chi connectivity index (χ4v) is 2.84. The van der Waals surface area contributed by atoms with Gasteiger partial charge in [0.15, 0.2) is 0 Å². The van der Waals surface area contributed by atoms with Crippen molar-refractivity contribution in [2.24, 2.45) is 0 Å². The van der Waals surface area contributed by atoms with Crippen molar-refractivity contribution in [2.75, 3.05) is 11.9 Å². The van der Waals surface area contributed by atoms with Crippen LogP contribution < -0.4 is 10.6 Å². The Balaban J connectivity index is 1.47. The fourth-order valence-electron chi connectivity index (χ4n) is 2.84. The summed E-state index contributed by atoms with van der Waals surface area (Å²) in [5.74, 6) is 0.478. The van der Waals surface area contributed by atoms with E-state index in [4.69, 9.17) is 0 Å². The van der Waals surface area contributed by atoms with Crippen LogP contribution in [0.3, 0.4) is 0 Å². The van der Waals surface area contributed by atoms with Crippen molar-refractivity contribution < 1.29 is 4.79 Å². The number of amides is 1. The molecule has 2 aromatic rings. The third-order valence-corrected chi connectivity index (χ3v) is 4.14. The molecule has 1 saturated carbocycles. The van der Waals surface area contributed by atoms with Gasteiger partial charge < -0.3 is 10.6 Å². The summed E-state index contributed by atoms with van der Waals surface area (Å²) in [6, 6.07) is 10.6. The summed E-state index contributed by atoms with van der Waals surface area (Å²) in [5, 5.41) is 6.22. The molecule has 120 valence electrons. The summed E-state index contributed by atoms with van der Waals surface area (Å²) in [6.07, 6.45) is 8.63. The number of nitrogens with zero attached hydrogens (tertiary/aromatic N) is 2. The van der Waals surface area contributed by atoms with E-state index in [2.05, 4.69) is 32.7 Å². The number of hydrogen-bond donors (Lipinski definition) is 2. The van der Waals surface area contributed by atoms with Gasteiger partial charge in [0.25, 0.3) is 5.91 Å². The van der Waals surface area contributed by atoms with Gasteiger partial charge in [0, 0.05) is 25.0 Å². The van der Waals surface area contributed by atoms with E-state index in [0.717, 1.165) is 25.8 Å². The largest absolute Gasteiger partial charge is 0.354 e. The molecular weight excluding hydrogens is 288 g/mol. The average molecular weight is 310 g/mol. The lowest BCUT2D eigenvalue weighted by Crippen LogP contribution is -2.32. The van der Waals surface area contributed by atoms with Gasteiger partial charge in [-0.15, -0.1) is 0 Å². The monoisotopic (exact) mass is 310 g/mol. The Morgan fingerprint density at radius 2 is 1.78 bits per heavy atom. The molecule has 5 nitrogen and oxygen atoms in total. The maximum atomic E-state index is 12.1. The molecule has 2 N–H and O–H groups in total. The van der Waals surface area contributed by atoms with Gasteiger partial charge in [0.2, 0.25) is 5.95 Å². The number of carbonyl (C=O) groups is 1. The molecule has 1 aromatic carbocycles. The minimum Gasteiger partial charge on any atom is -0.354 e. The third-order valence-electron chi connectivity index (χ3n) is 4.14. The van der Waals surface area contributed by atoms with Crippen LogP contribution in [0, 0.1) is 0 Å². The van der Waals surface area contributed by atoms with E-state index in [1.54, 1.807) is 12.4 Å². The van der Waals surface area contributed by atoms with Gasteiger partial charge in [-0.05, 0) is 24.8 Å². The van der Waals surface area contributed by atoms with Gasteiger partial charge >= 0.3 is 0 Å². The number of aromatic nitrogens is 2. The van der Waals surface area contributed by atoms with Gasteiger partial charge in [-0.2, -0.15) is 0 Å². The number of carbonyl (C=O) groups excluding carboxylic acids is 1. The molecule has 0 radical (unpaired) electrons. The fraction of sp³-hybridized carbons (Fsp3) is 0.389. The molecule has 1 aliphatic carbocycles. The van der Waals surface area contributed by atoms with Crippen molar-refractivity contribution >= 4 is 11.9 Å². The molecule has 1 aliphatic rings. The summed E-state index contributed by atoms with van der Waals surface area (Å²) < 4.78 is 0. The van der Waals surface area contributed by atoms with Crippen molar-refractivity contribution in [3.63, 3.8) is 0 Å². The molecule has 0 saturated heterocycles. The van der Waals surface area contributed by atoms with Crippen LogP contribution >= 0.6 is 0 Å². The standard InChI is InChI=1S/C18H22N4O/c23-17(22-16-8-4-5-9-16)15-12-20-18(21-13-15)19-11-10-14-6-2-1-3-7-14/h1-3,6-7,12-13,16H,4-5,8-11H2,(H,22,23)(H,19,20,21). The van der Waals surface area contributed by atoms with Crippen molar-refractivity contribution in [3.05, 3.63) is 53.9 Å². The molecule has 0 atom stereocenters. The minimum atomic E-state index is -0.0762. The lowest BCUT2D eigenvalue weighted by atomic mass is 10.1. The first-order valence-electron chi connectivity index (χ1n) is 8.22. The molecule has 0 bridgehead atoms. The second-order valence-electron chi connectivity index (χ2n) is 5.91. The van der Waals surface area contributed by atoms with Crippen LogP contribution in [-0.4, -0.2) is 28.5 Å². The zero-order valence-electron chi connectivity index (χ0n) is 13.2. The van der Waals surface area contributed by atoms with Gasteiger partial charge in [0.1, 0.15) is 0 Å². The molecule has 5 heteroatoms. The summed E-state index contributed by atoms with van der Waals surface area (Å²) in [5.41, 5.74) is 1.79. The van der Waals surface area contributed by atoms with E-state index < -0.39 is 0 Å². The first-order chi connectivity index (χ1) is 11.3. The first kappa shape index (κ1) is 15.5. The topological polar surface area (TPSA) is 66.9 Å². The maximum Gasteiger partial charge on any atom is 0.254 e. The van der Waals surface area contributed by atoms with E-state index in [9.17, 15) is 4.79 Å². The molecule has 3 rings (SSSR count). The number of benzene rings is 1. The molecule has 0 aliphatic heterocycles. The number of rotatable bonds is 6. The van der Waals surface area contributed by atoms with Crippen LogP contribution in [0.25, 0.3) is 0 Å². The highest BCUT2D eigenvalue weighted by atomic mass is 16.1. The zero-order chi connectivity index (χ0) is 15.9. The van der Waals surface area contributed by atoms with E-state index in [0.29, 0.717) is 17.6 Å². The summed E-state index contributed by atoms with van der Waals surface area (Å²) >= 11 is 0. The van der Waals surface area contributed by atoms with Crippen LogP contribution in [0.4, 0.5) is 5.95 Å². The maximum absolute atomic E-state index is 12.1. The molecular formula is C18H22N4O. The Morgan fingerprint density at radius 3 is 2.48 bits per heavy atom. The Morgan fingerprint density at radius 1 is 1.09 bits per heavy atom. The molecule has 1 aromatic heterocycles. The van der Waals surface area contributed by atoms with Crippen molar-refractivity contribution in [1.29, 1.82) is 0 Å². The zero-order valence-corrected chi connectivity index (χ0v) is 13.2. The Hall–Kier alpha value is -2.43. The number of anilines is 1. The van der Waals surface area contributed by atoms with Crippen LogP contribution in [0.5, 0.6) is 0 Å². The lowest BCUT2D eigenvalue weighted by Gasteiger charge is -2.11. The third kappa shape index (κ3) is 4.52. The summed E-state index contributed by atoms with van der Waals surface area (Å²) in [7, 11) is 0. The predicted octanol–water partition coefficient (Wildman–Crippen LogP) is 2.80. The second-order valence-corrected chi connectivity index (χ2v) is 5.91. The Labute approximate surface area is 136 Å². The molecule has 0 unspecified atom stereocenters. The van der Waals surface area contributed by atoms with Crippen molar-refractivity contribution in [3.8, 4) is 0 Å². The SMILES string of the molecule is O=C(NC1CCCC1)c1cnc(NCCc2ccccc2)nc1. The highest BCUT2D eigenvalue weighted by Gasteiger charge is 2.18. The highest BCUT2D eigenvalue weighted by molar-refractivity contribution is 5.93. The van der Waals surface area contributed by atoms with E-state index in [1.807, 2.05) is 18.2 Å². The van der Waals surface area contributed by atoms with Gasteiger partial charge in [-0.1, -0.05) is 43.2 Å². The Kier molecular flexibility index (Phi) is 5.19. The smallest absolute Gasteiger partial charge is 0.254 e. The molecule has 23 heavy (non-hydrogen) atoms. The first-order valence-corrected chi connectivity index (χ1v) is 8.22. The molecule has 1 heterocycles. The van der Waals surface area contributed by atoms with Crippen LogP contribution in [0.2, 0.25) is 0 Å². The number of nitrogens with one attached hydrogen (secondary N) is 2. The minimum absolute atomic E-state index is 0.0762. The predicted molar refractivity (Wildman–Crippen MR) is 90.4 cm³/mol. The Bertz CT molecular complexity index is 621. The van der Waals surface area contributed by atoms with Crippen molar-refractivity contribution in [1.82, 2.24) is 15.3 Å². The highest BCUT2D eigenvalue weighted by Crippen LogP contribution is 2.18. The quantitative estimate of drug-likeness (QED) is 0.861. The lowest BCUT2D eigenvalue weighted by molar-refractivity contribution is 0.0937. The summed E-state index contributed by atoms with van der Waals surface area (Å²) in [4.78, 5) is 20.5. The van der Waals surface area contributed by atoms with Gasteiger partial charge in [0.05, 0.1) is 5.56 Å². The normalized spacial score (nSPS) is 14.6. The average Bonchev–Trinajstić information content (AvgIpc) is 3.09. The molecule has 1 fully saturated rings. The van der Waals surface area contributed by atoms with E-state index in [-0.39, 0.29) is 5.91 Å². The van der Waals surface area contributed by atoms with E-state index >= 15 is 0 Å². The second kappa shape index (κ2) is 7.72.